The summed E-state index contributed by atoms with van der Waals surface area (Å²) in [6.07, 6.45) is 0.851. The first-order chi connectivity index (χ1) is 14.0. The van der Waals surface area contributed by atoms with Gasteiger partial charge in [-0.3, -0.25) is 4.79 Å². The minimum absolute atomic E-state index is 0.395. The monoisotopic (exact) mass is 390 g/mol. The van der Waals surface area contributed by atoms with Crippen molar-refractivity contribution >= 4 is 5.97 Å². The van der Waals surface area contributed by atoms with Crippen LogP contribution in [0.2, 0.25) is 0 Å². The second-order valence-corrected chi connectivity index (χ2v) is 7.46. The highest BCUT2D eigenvalue weighted by molar-refractivity contribution is 5.75. The molecule has 0 aliphatic rings. The highest BCUT2D eigenvalue weighted by Crippen LogP contribution is 2.33. The molecule has 4 nitrogen and oxygen atoms in total. The zero-order chi connectivity index (χ0) is 20.7. The van der Waals surface area contributed by atoms with E-state index in [0.717, 1.165) is 16.7 Å². The van der Waals surface area contributed by atoms with Crippen LogP contribution in [0.25, 0.3) is 0 Å². The van der Waals surface area contributed by atoms with Crippen molar-refractivity contribution in [2.45, 2.75) is 26.4 Å². The molecule has 0 amide bonds. The number of methoxy groups -OCH3 is 1. The zero-order valence-electron chi connectivity index (χ0n) is 16.8. The van der Waals surface area contributed by atoms with Gasteiger partial charge in [0.05, 0.1) is 12.5 Å². The van der Waals surface area contributed by atoms with Gasteiger partial charge in [0.25, 0.3) is 0 Å². The molecule has 0 saturated carbocycles. The third kappa shape index (κ3) is 5.38. The van der Waals surface area contributed by atoms with Gasteiger partial charge in [-0.05, 0) is 48.6 Å². The lowest BCUT2D eigenvalue weighted by Crippen LogP contribution is -2.32. The Bertz CT molecular complexity index is 938. The maximum atomic E-state index is 12.1. The number of carbonyl (C=O) groups is 1. The Morgan fingerprint density at radius 3 is 2.00 bits per heavy atom. The van der Waals surface area contributed by atoms with Crippen LogP contribution in [0.1, 0.15) is 23.6 Å². The molecule has 4 heteroatoms. The molecule has 0 aliphatic heterocycles. The van der Waals surface area contributed by atoms with Gasteiger partial charge >= 0.3 is 5.97 Å². The van der Waals surface area contributed by atoms with Crippen LogP contribution in [0.5, 0.6) is 11.5 Å². The van der Waals surface area contributed by atoms with Gasteiger partial charge in [-0.25, -0.2) is 0 Å². The molecule has 1 atom stereocenters. The van der Waals surface area contributed by atoms with Crippen molar-refractivity contribution in [1.29, 1.82) is 0 Å². The molecular formula is C25H26O4. The molecule has 0 fully saturated rings. The van der Waals surface area contributed by atoms with Crippen LogP contribution in [-0.4, -0.2) is 18.2 Å². The van der Waals surface area contributed by atoms with E-state index in [4.69, 9.17) is 9.47 Å². The van der Waals surface area contributed by atoms with Crippen molar-refractivity contribution < 1.29 is 19.4 Å². The number of carboxylic acids is 1. The van der Waals surface area contributed by atoms with Gasteiger partial charge in [0.1, 0.15) is 6.61 Å². The van der Waals surface area contributed by atoms with Crippen molar-refractivity contribution in [3.8, 4) is 11.5 Å². The van der Waals surface area contributed by atoms with E-state index in [1.165, 1.54) is 0 Å². The van der Waals surface area contributed by atoms with Crippen LogP contribution < -0.4 is 9.47 Å². The highest BCUT2D eigenvalue weighted by Gasteiger charge is 2.33. The molecule has 0 radical (unpaired) electrons. The molecule has 0 aromatic heterocycles. The predicted molar refractivity (Wildman–Crippen MR) is 113 cm³/mol. The summed E-state index contributed by atoms with van der Waals surface area (Å²) in [5, 5.41) is 9.89. The van der Waals surface area contributed by atoms with E-state index < -0.39 is 11.4 Å². The summed E-state index contributed by atoms with van der Waals surface area (Å²) < 4.78 is 11.4. The second kappa shape index (κ2) is 9.28. The lowest BCUT2D eigenvalue weighted by atomic mass is 9.78. The minimum Gasteiger partial charge on any atom is -0.493 e. The largest absolute Gasteiger partial charge is 0.493 e. The maximum Gasteiger partial charge on any atom is 0.310 e. The quantitative estimate of drug-likeness (QED) is 0.549. The number of carboxylic acid groups (broad SMARTS) is 1. The molecule has 0 saturated heterocycles. The molecule has 1 N–H and O–H groups in total. The van der Waals surface area contributed by atoms with Gasteiger partial charge in [0, 0.05) is 0 Å². The summed E-state index contributed by atoms with van der Waals surface area (Å²) in [4.78, 5) is 12.1. The van der Waals surface area contributed by atoms with E-state index in [9.17, 15) is 9.90 Å². The summed E-state index contributed by atoms with van der Waals surface area (Å²) in [7, 11) is 1.59. The third-order valence-corrected chi connectivity index (χ3v) is 5.01. The lowest BCUT2D eigenvalue weighted by molar-refractivity contribution is -0.147. The van der Waals surface area contributed by atoms with Crippen molar-refractivity contribution in [3.05, 3.63) is 95.6 Å². The zero-order valence-corrected chi connectivity index (χ0v) is 16.8. The summed E-state index contributed by atoms with van der Waals surface area (Å²) >= 11 is 0. The van der Waals surface area contributed by atoms with E-state index in [1.54, 1.807) is 14.0 Å². The SMILES string of the molecule is COc1cc(CC(C)(Cc2ccccc2)C(=O)O)ccc1OCc1ccccc1. The van der Waals surface area contributed by atoms with Crippen LogP contribution in [0, 0.1) is 5.41 Å². The van der Waals surface area contributed by atoms with E-state index in [-0.39, 0.29) is 0 Å². The van der Waals surface area contributed by atoms with Crippen LogP contribution in [0.4, 0.5) is 0 Å². The summed E-state index contributed by atoms with van der Waals surface area (Å²) in [5.41, 5.74) is 2.06. The molecule has 0 bridgehead atoms. The first-order valence-electron chi connectivity index (χ1n) is 9.61. The predicted octanol–water partition coefficient (Wildman–Crippen LogP) is 5.15. The fraction of sp³-hybridized carbons (Fsp3) is 0.240. The van der Waals surface area contributed by atoms with Gasteiger partial charge in [-0.15, -0.1) is 0 Å². The van der Waals surface area contributed by atoms with Crippen molar-refractivity contribution in [3.63, 3.8) is 0 Å². The Kier molecular flexibility index (Phi) is 6.55. The van der Waals surface area contributed by atoms with E-state index >= 15 is 0 Å². The van der Waals surface area contributed by atoms with Crippen LogP contribution in [0.15, 0.2) is 78.9 Å². The minimum atomic E-state index is -0.918. The fourth-order valence-electron chi connectivity index (χ4n) is 3.39. The molecule has 3 rings (SSSR count). The number of benzene rings is 3. The maximum absolute atomic E-state index is 12.1. The van der Waals surface area contributed by atoms with Gasteiger partial charge in [-0.1, -0.05) is 66.7 Å². The molecule has 3 aromatic rings. The smallest absolute Gasteiger partial charge is 0.310 e. The molecule has 0 aliphatic carbocycles. The van der Waals surface area contributed by atoms with Crippen LogP contribution in [-0.2, 0) is 24.2 Å². The van der Waals surface area contributed by atoms with Crippen LogP contribution in [0.3, 0.4) is 0 Å². The van der Waals surface area contributed by atoms with Gasteiger partial charge < -0.3 is 14.6 Å². The lowest BCUT2D eigenvalue weighted by Gasteiger charge is -2.25. The Morgan fingerprint density at radius 2 is 1.41 bits per heavy atom. The number of hydrogen-bond acceptors (Lipinski definition) is 3. The van der Waals surface area contributed by atoms with Crippen molar-refractivity contribution in [2.75, 3.05) is 7.11 Å². The Labute approximate surface area is 171 Å². The Hall–Kier alpha value is -3.27. The first-order valence-corrected chi connectivity index (χ1v) is 9.61. The molecule has 3 aromatic carbocycles. The molecule has 29 heavy (non-hydrogen) atoms. The number of rotatable bonds is 9. The van der Waals surface area contributed by atoms with Gasteiger partial charge in [-0.2, -0.15) is 0 Å². The fourth-order valence-corrected chi connectivity index (χ4v) is 3.39. The molecule has 150 valence electrons. The molecule has 1 unspecified atom stereocenters. The van der Waals surface area contributed by atoms with Crippen molar-refractivity contribution in [1.82, 2.24) is 0 Å². The summed E-state index contributed by atoms with van der Waals surface area (Å²) in [6.45, 7) is 2.23. The third-order valence-electron chi connectivity index (χ3n) is 5.01. The molecule has 0 heterocycles. The number of ether oxygens (including phenoxy) is 2. The second-order valence-electron chi connectivity index (χ2n) is 7.46. The summed E-state index contributed by atoms with van der Waals surface area (Å²) in [5.74, 6) is 0.427. The summed E-state index contributed by atoms with van der Waals surface area (Å²) in [6, 6.07) is 25.3. The number of hydrogen-bond donors (Lipinski definition) is 1. The average Bonchev–Trinajstić information content (AvgIpc) is 2.74. The average molecular weight is 390 g/mol. The first kappa shape index (κ1) is 20.5. The van der Waals surface area contributed by atoms with E-state index in [2.05, 4.69) is 0 Å². The normalized spacial score (nSPS) is 12.8. The van der Waals surface area contributed by atoms with Gasteiger partial charge in [0.2, 0.25) is 0 Å². The van der Waals surface area contributed by atoms with E-state index in [0.29, 0.717) is 30.9 Å². The van der Waals surface area contributed by atoms with E-state index in [1.807, 2.05) is 78.9 Å². The van der Waals surface area contributed by atoms with Crippen molar-refractivity contribution in [2.24, 2.45) is 5.41 Å². The van der Waals surface area contributed by atoms with Crippen LogP contribution >= 0.6 is 0 Å². The number of aliphatic carboxylic acids is 1. The standard InChI is InChI=1S/C25H26O4/c1-25(24(26)27,16-19-9-5-3-6-10-19)17-21-13-14-22(23(15-21)28-2)29-18-20-11-7-4-8-12-20/h3-15H,16-18H2,1-2H3,(H,26,27). The molecular weight excluding hydrogens is 364 g/mol. The highest BCUT2D eigenvalue weighted by atomic mass is 16.5. The Balaban J connectivity index is 1.76. The Morgan fingerprint density at radius 1 is 0.828 bits per heavy atom. The van der Waals surface area contributed by atoms with Gasteiger partial charge in [0.15, 0.2) is 11.5 Å². The molecule has 0 spiro atoms. The topological polar surface area (TPSA) is 55.8 Å².